The maximum Gasteiger partial charge on any atom is 0.195 e. The molecule has 2 aromatic rings. The van der Waals surface area contributed by atoms with E-state index in [0.717, 1.165) is 40.2 Å². The smallest absolute Gasteiger partial charge is 0.195 e. The second-order valence-electron chi connectivity index (χ2n) is 4.82. The summed E-state index contributed by atoms with van der Waals surface area (Å²) < 4.78 is 3.13. The number of fused-ring (bicyclic) bond motifs is 1. The van der Waals surface area contributed by atoms with Crippen LogP contribution in [0.1, 0.15) is 19.9 Å². The molecule has 19 heavy (non-hydrogen) atoms. The molecule has 0 bridgehead atoms. The van der Waals surface area contributed by atoms with Crippen molar-refractivity contribution < 1.29 is 0 Å². The standard InChI is InChI=1S/C13H16BrN5/c1-8(2)19-7-17-12-10(19)4-3-9(11(12)14)18-13-15-5-6-16-13/h3-4,7-8H,5-6H2,1-2H3,(H2,15,16,18). The summed E-state index contributed by atoms with van der Waals surface area (Å²) in [6, 6.07) is 4.54. The monoisotopic (exact) mass is 321 g/mol. The summed E-state index contributed by atoms with van der Waals surface area (Å²) in [4.78, 5) is 8.82. The molecule has 0 saturated heterocycles. The Morgan fingerprint density at radius 2 is 2.26 bits per heavy atom. The quantitative estimate of drug-likeness (QED) is 0.894. The number of hydrogen-bond acceptors (Lipinski definition) is 4. The molecule has 0 radical (unpaired) electrons. The molecule has 1 aromatic carbocycles. The minimum Gasteiger partial charge on any atom is -0.354 e. The highest BCUT2D eigenvalue weighted by atomic mass is 79.9. The molecular formula is C13H16BrN5. The number of hydrogen-bond donors (Lipinski definition) is 2. The lowest BCUT2D eigenvalue weighted by molar-refractivity contribution is 0.617. The fourth-order valence-electron chi connectivity index (χ4n) is 2.18. The lowest BCUT2D eigenvalue weighted by Crippen LogP contribution is -2.26. The topological polar surface area (TPSA) is 54.2 Å². The second-order valence-corrected chi connectivity index (χ2v) is 5.62. The van der Waals surface area contributed by atoms with Gasteiger partial charge in [0.2, 0.25) is 0 Å². The van der Waals surface area contributed by atoms with Crippen LogP contribution in [0.15, 0.2) is 27.9 Å². The third-order valence-electron chi connectivity index (χ3n) is 3.17. The highest BCUT2D eigenvalue weighted by Gasteiger charge is 2.13. The van der Waals surface area contributed by atoms with Gasteiger partial charge in [0, 0.05) is 12.6 Å². The van der Waals surface area contributed by atoms with E-state index in [9.17, 15) is 0 Å². The molecule has 1 aromatic heterocycles. The van der Waals surface area contributed by atoms with Crippen molar-refractivity contribution in [2.75, 3.05) is 18.4 Å². The van der Waals surface area contributed by atoms with Crippen LogP contribution in [0.2, 0.25) is 0 Å². The predicted octanol–water partition coefficient (Wildman–Crippen LogP) is 2.75. The normalized spacial score (nSPS) is 14.8. The molecule has 2 heterocycles. The van der Waals surface area contributed by atoms with Gasteiger partial charge in [0.05, 0.1) is 28.5 Å². The first-order chi connectivity index (χ1) is 9.16. The van der Waals surface area contributed by atoms with Crippen LogP contribution in [-0.2, 0) is 0 Å². The zero-order valence-corrected chi connectivity index (χ0v) is 12.5. The SMILES string of the molecule is CC(C)n1cnc2c(Br)c(NC3=NCCN3)ccc21. The van der Waals surface area contributed by atoms with Crippen LogP contribution < -0.4 is 10.6 Å². The summed E-state index contributed by atoms with van der Waals surface area (Å²) in [6.07, 6.45) is 1.88. The maximum atomic E-state index is 4.49. The zero-order chi connectivity index (χ0) is 13.4. The van der Waals surface area contributed by atoms with Crippen molar-refractivity contribution in [3.8, 4) is 0 Å². The maximum absolute atomic E-state index is 4.49. The Bertz CT molecular complexity index is 644. The number of guanidine groups is 1. The number of nitrogens with one attached hydrogen (secondary N) is 2. The molecule has 1 aliphatic rings. The molecule has 0 fully saturated rings. The Labute approximate surface area is 120 Å². The minimum atomic E-state index is 0.400. The number of benzene rings is 1. The van der Waals surface area contributed by atoms with Gasteiger partial charge < -0.3 is 15.2 Å². The van der Waals surface area contributed by atoms with Crippen LogP contribution >= 0.6 is 15.9 Å². The molecule has 2 N–H and O–H groups in total. The van der Waals surface area contributed by atoms with Crippen LogP contribution in [0.4, 0.5) is 5.69 Å². The minimum absolute atomic E-state index is 0.400. The van der Waals surface area contributed by atoms with Gasteiger partial charge >= 0.3 is 0 Å². The van der Waals surface area contributed by atoms with E-state index in [-0.39, 0.29) is 0 Å². The van der Waals surface area contributed by atoms with Crippen LogP contribution in [-0.4, -0.2) is 28.6 Å². The molecule has 0 aliphatic carbocycles. The van der Waals surface area contributed by atoms with E-state index in [4.69, 9.17) is 0 Å². The lowest BCUT2D eigenvalue weighted by atomic mass is 10.2. The Kier molecular flexibility index (Phi) is 3.18. The van der Waals surface area contributed by atoms with E-state index in [0.29, 0.717) is 6.04 Å². The molecule has 100 valence electrons. The van der Waals surface area contributed by atoms with E-state index >= 15 is 0 Å². The number of nitrogens with zero attached hydrogens (tertiary/aromatic N) is 3. The number of aromatic nitrogens is 2. The highest BCUT2D eigenvalue weighted by molar-refractivity contribution is 9.10. The Morgan fingerprint density at radius 3 is 2.95 bits per heavy atom. The summed E-state index contributed by atoms with van der Waals surface area (Å²) >= 11 is 3.63. The highest BCUT2D eigenvalue weighted by Crippen LogP contribution is 2.31. The molecule has 3 rings (SSSR count). The predicted molar refractivity (Wildman–Crippen MR) is 81.7 cm³/mol. The van der Waals surface area contributed by atoms with Crippen molar-refractivity contribution in [3.63, 3.8) is 0 Å². The fraction of sp³-hybridized carbons (Fsp3) is 0.385. The van der Waals surface area contributed by atoms with Crippen molar-refractivity contribution in [2.24, 2.45) is 4.99 Å². The first-order valence-corrected chi connectivity index (χ1v) is 7.16. The van der Waals surface area contributed by atoms with E-state index in [1.54, 1.807) is 0 Å². The Hall–Kier alpha value is -1.56. The van der Waals surface area contributed by atoms with Gasteiger partial charge in [0.25, 0.3) is 0 Å². The third-order valence-corrected chi connectivity index (χ3v) is 3.97. The molecule has 5 nitrogen and oxygen atoms in total. The number of anilines is 1. The van der Waals surface area contributed by atoms with Gasteiger partial charge in [-0.15, -0.1) is 0 Å². The van der Waals surface area contributed by atoms with E-state index in [1.807, 2.05) is 6.33 Å². The molecule has 0 spiro atoms. The molecule has 0 unspecified atom stereocenters. The summed E-state index contributed by atoms with van der Waals surface area (Å²) in [7, 11) is 0. The summed E-state index contributed by atoms with van der Waals surface area (Å²) in [5.41, 5.74) is 3.08. The molecular weight excluding hydrogens is 306 g/mol. The van der Waals surface area contributed by atoms with Gasteiger partial charge in [-0.05, 0) is 41.9 Å². The lowest BCUT2D eigenvalue weighted by Gasteiger charge is -2.11. The van der Waals surface area contributed by atoms with Crippen molar-refractivity contribution >= 4 is 38.6 Å². The molecule has 6 heteroatoms. The molecule has 0 atom stereocenters. The second kappa shape index (κ2) is 4.85. The first-order valence-electron chi connectivity index (χ1n) is 6.37. The van der Waals surface area contributed by atoms with Crippen LogP contribution in [0.25, 0.3) is 11.0 Å². The van der Waals surface area contributed by atoms with Gasteiger partial charge in [-0.25, -0.2) is 4.98 Å². The van der Waals surface area contributed by atoms with E-state index in [1.165, 1.54) is 0 Å². The number of imidazole rings is 1. The third kappa shape index (κ3) is 2.20. The van der Waals surface area contributed by atoms with Crippen molar-refractivity contribution in [2.45, 2.75) is 19.9 Å². The average Bonchev–Trinajstić information content (AvgIpc) is 3.01. The summed E-state index contributed by atoms with van der Waals surface area (Å²) in [5.74, 6) is 0.823. The number of rotatable bonds is 2. The van der Waals surface area contributed by atoms with Crippen molar-refractivity contribution in [1.29, 1.82) is 0 Å². The van der Waals surface area contributed by atoms with Gasteiger partial charge in [-0.3, -0.25) is 4.99 Å². The number of halogens is 1. The van der Waals surface area contributed by atoms with Gasteiger partial charge in [0.15, 0.2) is 5.96 Å². The van der Waals surface area contributed by atoms with Crippen LogP contribution in [0, 0.1) is 0 Å². The van der Waals surface area contributed by atoms with Crippen LogP contribution in [0.5, 0.6) is 0 Å². The summed E-state index contributed by atoms with van der Waals surface area (Å²) in [5, 5.41) is 6.48. The van der Waals surface area contributed by atoms with Gasteiger partial charge in [-0.2, -0.15) is 0 Å². The first kappa shape index (κ1) is 12.5. The van der Waals surface area contributed by atoms with Crippen molar-refractivity contribution in [3.05, 3.63) is 22.9 Å². The van der Waals surface area contributed by atoms with E-state index in [2.05, 4.69) is 67.1 Å². The summed E-state index contributed by atoms with van der Waals surface area (Å²) in [6.45, 7) is 6.02. The zero-order valence-electron chi connectivity index (χ0n) is 10.9. The average molecular weight is 322 g/mol. The molecule has 0 amide bonds. The van der Waals surface area contributed by atoms with Gasteiger partial charge in [-0.1, -0.05) is 0 Å². The Balaban J connectivity index is 2.01. The Morgan fingerprint density at radius 1 is 1.42 bits per heavy atom. The largest absolute Gasteiger partial charge is 0.354 e. The van der Waals surface area contributed by atoms with Crippen LogP contribution in [0.3, 0.4) is 0 Å². The number of aliphatic imine (C=N–C) groups is 1. The molecule has 1 aliphatic heterocycles. The fourth-order valence-corrected chi connectivity index (χ4v) is 2.72. The molecule has 0 saturated carbocycles. The van der Waals surface area contributed by atoms with E-state index < -0.39 is 0 Å². The van der Waals surface area contributed by atoms with Gasteiger partial charge in [0.1, 0.15) is 5.52 Å². The van der Waals surface area contributed by atoms with Crippen molar-refractivity contribution in [1.82, 2.24) is 14.9 Å².